The van der Waals surface area contributed by atoms with Gasteiger partial charge in [0.25, 0.3) is 5.91 Å². The van der Waals surface area contributed by atoms with Gasteiger partial charge in [-0.25, -0.2) is 4.39 Å². The molecule has 0 fully saturated rings. The van der Waals surface area contributed by atoms with Crippen LogP contribution in [0.25, 0.3) is 17.0 Å². The molecule has 0 aliphatic rings. The third kappa shape index (κ3) is 5.64. The summed E-state index contributed by atoms with van der Waals surface area (Å²) in [6.07, 6.45) is 3.54. The lowest BCUT2D eigenvalue weighted by atomic mass is 10.1. The van der Waals surface area contributed by atoms with Crippen LogP contribution in [0.2, 0.25) is 5.02 Å². The summed E-state index contributed by atoms with van der Waals surface area (Å²) in [6, 6.07) is 23.0. The number of nitrogens with zero attached hydrogens (tertiary/aromatic N) is 2. The maximum atomic E-state index is 13.1. The van der Waals surface area contributed by atoms with Crippen LogP contribution in [0.15, 0.2) is 89.5 Å². The lowest BCUT2D eigenvalue weighted by Crippen LogP contribution is -2.13. The van der Waals surface area contributed by atoms with Crippen LogP contribution in [-0.2, 0) is 11.3 Å². The van der Waals surface area contributed by atoms with Gasteiger partial charge in [0.15, 0.2) is 0 Å². The predicted molar refractivity (Wildman–Crippen MR) is 133 cm³/mol. The van der Waals surface area contributed by atoms with Crippen LogP contribution in [0, 0.1) is 17.1 Å². The smallest absolute Gasteiger partial charge is 0.266 e. The Hall–Kier alpha value is -3.53. The van der Waals surface area contributed by atoms with E-state index in [4.69, 9.17) is 11.6 Å². The second-order valence-electron chi connectivity index (χ2n) is 7.23. The summed E-state index contributed by atoms with van der Waals surface area (Å²) in [6.45, 7) is 0.755. The average molecular weight is 476 g/mol. The predicted octanol–water partition coefficient (Wildman–Crippen LogP) is 6.77. The number of benzene rings is 3. The molecule has 1 aromatic heterocycles. The Kier molecular flexibility index (Phi) is 7.13. The molecule has 164 valence electrons. The first kappa shape index (κ1) is 22.7. The quantitative estimate of drug-likeness (QED) is 0.182. The number of aryl methyl sites for hydroxylation is 1. The van der Waals surface area contributed by atoms with Crippen LogP contribution in [0.5, 0.6) is 0 Å². The third-order valence-electron chi connectivity index (χ3n) is 5.00. The molecule has 1 N–H and O–H groups in total. The lowest BCUT2D eigenvalue weighted by Gasteiger charge is -2.05. The van der Waals surface area contributed by atoms with Gasteiger partial charge in [-0.3, -0.25) is 4.79 Å². The first-order valence-electron chi connectivity index (χ1n) is 10.2. The number of rotatable bonds is 7. The van der Waals surface area contributed by atoms with E-state index in [2.05, 4.69) is 9.88 Å². The number of nitrogens with one attached hydrogen (secondary N) is 1. The lowest BCUT2D eigenvalue weighted by molar-refractivity contribution is -0.112. The Bertz CT molecular complexity index is 1360. The highest BCUT2D eigenvalue weighted by Crippen LogP contribution is 2.26. The number of carbonyl (C=O) groups is 1. The molecule has 0 spiro atoms. The molecule has 1 heterocycles. The van der Waals surface area contributed by atoms with Crippen molar-refractivity contribution in [2.75, 3.05) is 11.1 Å². The first-order chi connectivity index (χ1) is 16.0. The molecule has 4 rings (SSSR count). The molecule has 0 bridgehead atoms. The molecule has 0 aliphatic carbocycles. The van der Waals surface area contributed by atoms with E-state index in [-0.39, 0.29) is 5.57 Å². The van der Waals surface area contributed by atoms with Crippen molar-refractivity contribution in [3.8, 4) is 6.07 Å². The van der Waals surface area contributed by atoms with Gasteiger partial charge in [-0.05, 0) is 60.7 Å². The molecule has 0 atom stereocenters. The largest absolute Gasteiger partial charge is 0.346 e. The Morgan fingerprint density at radius 2 is 1.82 bits per heavy atom. The highest BCUT2D eigenvalue weighted by Gasteiger charge is 2.13. The van der Waals surface area contributed by atoms with Gasteiger partial charge in [-0.1, -0.05) is 29.8 Å². The minimum absolute atomic E-state index is 0.0298. The van der Waals surface area contributed by atoms with Crippen LogP contribution in [0.3, 0.4) is 0 Å². The highest BCUT2D eigenvalue weighted by atomic mass is 35.5. The van der Waals surface area contributed by atoms with Gasteiger partial charge in [0.05, 0.1) is 0 Å². The molecular weight excluding hydrogens is 457 g/mol. The topological polar surface area (TPSA) is 57.8 Å². The fraction of sp³-hybridized carbons (Fsp3) is 0.0769. The van der Waals surface area contributed by atoms with E-state index in [1.54, 1.807) is 17.8 Å². The van der Waals surface area contributed by atoms with Crippen molar-refractivity contribution in [1.29, 1.82) is 5.26 Å². The van der Waals surface area contributed by atoms with Crippen molar-refractivity contribution < 1.29 is 9.18 Å². The number of halogens is 2. The second-order valence-corrected chi connectivity index (χ2v) is 8.83. The Morgan fingerprint density at radius 3 is 2.55 bits per heavy atom. The molecule has 0 saturated carbocycles. The van der Waals surface area contributed by atoms with Crippen LogP contribution < -0.4 is 5.32 Å². The second kappa shape index (κ2) is 10.4. The van der Waals surface area contributed by atoms with Gasteiger partial charge < -0.3 is 9.88 Å². The molecule has 7 heteroatoms. The average Bonchev–Trinajstić information content (AvgIpc) is 3.17. The number of hydrogen-bond acceptors (Lipinski definition) is 3. The fourth-order valence-corrected chi connectivity index (χ4v) is 4.38. The van der Waals surface area contributed by atoms with Gasteiger partial charge in [0, 0.05) is 50.6 Å². The summed E-state index contributed by atoms with van der Waals surface area (Å²) >= 11 is 7.68. The van der Waals surface area contributed by atoms with Crippen molar-refractivity contribution in [2.24, 2.45) is 0 Å². The van der Waals surface area contributed by atoms with Gasteiger partial charge in [-0.2, -0.15) is 5.26 Å². The Balaban J connectivity index is 1.54. The molecule has 33 heavy (non-hydrogen) atoms. The van der Waals surface area contributed by atoms with Crippen LogP contribution in [0.1, 0.15) is 5.56 Å². The minimum Gasteiger partial charge on any atom is -0.346 e. The number of carbonyl (C=O) groups excluding carboxylic acids is 1. The summed E-state index contributed by atoms with van der Waals surface area (Å²) in [5, 5.41) is 13.9. The van der Waals surface area contributed by atoms with E-state index in [9.17, 15) is 14.4 Å². The van der Waals surface area contributed by atoms with E-state index in [1.165, 1.54) is 24.3 Å². The van der Waals surface area contributed by atoms with Crippen molar-refractivity contribution in [3.05, 3.63) is 101 Å². The first-order valence-corrected chi connectivity index (χ1v) is 11.5. The molecule has 0 aliphatic heterocycles. The van der Waals surface area contributed by atoms with Gasteiger partial charge >= 0.3 is 0 Å². The van der Waals surface area contributed by atoms with Crippen molar-refractivity contribution in [2.45, 2.75) is 11.4 Å². The SMILES string of the molecule is N#C/C(=C/c1cn(CCSc2ccc(Cl)cc2)c2ccccc12)C(=O)Nc1ccc(F)cc1. The molecular formula is C26H19ClFN3OS. The normalized spacial score (nSPS) is 11.4. The van der Waals surface area contributed by atoms with E-state index in [0.717, 1.165) is 33.7 Å². The minimum atomic E-state index is -0.542. The monoisotopic (exact) mass is 475 g/mol. The van der Waals surface area contributed by atoms with Gasteiger partial charge in [0.2, 0.25) is 0 Å². The molecule has 3 aromatic carbocycles. The third-order valence-corrected chi connectivity index (χ3v) is 6.25. The molecule has 4 aromatic rings. The summed E-state index contributed by atoms with van der Waals surface area (Å²) in [5.74, 6) is -0.0927. The highest BCUT2D eigenvalue weighted by molar-refractivity contribution is 7.99. The molecule has 1 amide bonds. The van der Waals surface area contributed by atoms with E-state index < -0.39 is 11.7 Å². The number of para-hydroxylation sites is 1. The number of amides is 1. The molecule has 0 saturated heterocycles. The fourth-order valence-electron chi connectivity index (χ4n) is 3.40. The van der Waals surface area contributed by atoms with Gasteiger partial charge in [0.1, 0.15) is 17.5 Å². The maximum Gasteiger partial charge on any atom is 0.266 e. The summed E-state index contributed by atoms with van der Waals surface area (Å²) in [7, 11) is 0. The number of fused-ring (bicyclic) bond motifs is 1. The summed E-state index contributed by atoms with van der Waals surface area (Å²) in [4.78, 5) is 13.8. The van der Waals surface area contributed by atoms with Crippen molar-refractivity contribution in [3.63, 3.8) is 0 Å². The molecule has 0 radical (unpaired) electrons. The zero-order valence-electron chi connectivity index (χ0n) is 17.5. The summed E-state index contributed by atoms with van der Waals surface area (Å²) in [5.41, 5.74) is 2.20. The van der Waals surface area contributed by atoms with Crippen molar-refractivity contribution in [1.82, 2.24) is 4.57 Å². The number of nitriles is 1. The zero-order valence-corrected chi connectivity index (χ0v) is 19.0. The number of aromatic nitrogens is 1. The number of thioether (sulfide) groups is 1. The number of anilines is 1. The van der Waals surface area contributed by atoms with Crippen LogP contribution in [0.4, 0.5) is 10.1 Å². The van der Waals surface area contributed by atoms with E-state index >= 15 is 0 Å². The molecule has 0 unspecified atom stereocenters. The summed E-state index contributed by atoms with van der Waals surface area (Å²) < 4.78 is 15.2. The molecule has 4 nitrogen and oxygen atoms in total. The van der Waals surface area contributed by atoms with E-state index in [0.29, 0.717) is 10.7 Å². The van der Waals surface area contributed by atoms with Crippen LogP contribution in [-0.4, -0.2) is 16.2 Å². The van der Waals surface area contributed by atoms with Crippen LogP contribution >= 0.6 is 23.4 Å². The zero-order chi connectivity index (χ0) is 23.2. The van der Waals surface area contributed by atoms with Crippen molar-refractivity contribution >= 4 is 51.9 Å². The number of hydrogen-bond donors (Lipinski definition) is 1. The standard InChI is InChI=1S/C26H19ClFN3OS/c27-20-5-11-23(12-6-20)33-14-13-31-17-19(24-3-1-2-4-25(24)31)15-18(16-29)26(32)30-22-9-7-21(28)8-10-22/h1-12,15,17H,13-14H2,(H,30,32)/b18-15-. The van der Waals surface area contributed by atoms with E-state index in [1.807, 2.05) is 60.8 Å². The van der Waals surface area contributed by atoms with Gasteiger partial charge in [-0.15, -0.1) is 11.8 Å². The Labute approximate surface area is 200 Å². The maximum absolute atomic E-state index is 13.1. The Morgan fingerprint density at radius 1 is 1.09 bits per heavy atom.